The molecule has 2 heteroatoms. The molecule has 1 N–H and O–H groups in total. The van der Waals surface area contributed by atoms with Gasteiger partial charge in [-0.15, -0.1) is 0 Å². The molecule has 2 atom stereocenters. The van der Waals surface area contributed by atoms with Gasteiger partial charge in [0.25, 0.3) is 0 Å². The van der Waals surface area contributed by atoms with E-state index in [2.05, 4.69) is 6.07 Å². The summed E-state index contributed by atoms with van der Waals surface area (Å²) in [6.07, 6.45) is 7.07. The van der Waals surface area contributed by atoms with Crippen LogP contribution < -0.4 is 4.74 Å². The van der Waals surface area contributed by atoms with Crippen LogP contribution in [0.5, 0.6) is 5.75 Å². The molecule has 1 saturated carbocycles. The van der Waals surface area contributed by atoms with Gasteiger partial charge in [0.15, 0.2) is 0 Å². The second-order valence-electron chi connectivity index (χ2n) is 5.67. The number of aliphatic hydroxyl groups excluding tert-OH is 1. The average molecular weight is 246 g/mol. The maximum absolute atomic E-state index is 10.7. The Kier molecular flexibility index (Phi) is 3.55. The van der Waals surface area contributed by atoms with Crippen molar-refractivity contribution in [2.45, 2.75) is 50.5 Å². The minimum Gasteiger partial charge on any atom is -0.493 e. The number of hydrogen-bond acceptors (Lipinski definition) is 2. The second-order valence-corrected chi connectivity index (χ2v) is 5.67. The Hall–Kier alpha value is -1.02. The maximum Gasteiger partial charge on any atom is 0.122 e. The third-order valence-electron chi connectivity index (χ3n) is 4.55. The van der Waals surface area contributed by atoms with Crippen molar-refractivity contribution in [3.05, 3.63) is 29.8 Å². The predicted octanol–water partition coefficient (Wildman–Crippen LogP) is 3.49. The molecule has 18 heavy (non-hydrogen) atoms. The molecule has 3 rings (SSSR count). The summed E-state index contributed by atoms with van der Waals surface area (Å²) in [4.78, 5) is 0. The number of para-hydroxylation sites is 1. The third-order valence-corrected chi connectivity index (χ3v) is 4.55. The average Bonchev–Trinajstić information content (AvgIpc) is 2.47. The standard InChI is InChI=1S/C16H22O2/c17-16(12-6-2-1-3-7-12)14-10-11-18-15-9-5-4-8-13(14)15/h4-5,8-9,12,14,16-17H,1-3,6-7,10-11H2. The van der Waals surface area contributed by atoms with Gasteiger partial charge in [-0.1, -0.05) is 37.5 Å². The van der Waals surface area contributed by atoms with E-state index in [0.717, 1.165) is 18.8 Å². The van der Waals surface area contributed by atoms with Gasteiger partial charge in [0, 0.05) is 5.92 Å². The molecule has 2 aliphatic rings. The fraction of sp³-hybridized carbons (Fsp3) is 0.625. The summed E-state index contributed by atoms with van der Waals surface area (Å²) in [5, 5.41) is 10.7. The Labute approximate surface area is 109 Å². The van der Waals surface area contributed by atoms with Crippen LogP contribution in [0, 0.1) is 5.92 Å². The van der Waals surface area contributed by atoms with Crippen LogP contribution in [-0.2, 0) is 0 Å². The van der Waals surface area contributed by atoms with Crippen molar-refractivity contribution in [1.29, 1.82) is 0 Å². The summed E-state index contributed by atoms with van der Waals surface area (Å²) in [7, 11) is 0. The number of fused-ring (bicyclic) bond motifs is 1. The first-order chi connectivity index (χ1) is 8.86. The molecule has 1 aromatic carbocycles. The van der Waals surface area contributed by atoms with E-state index < -0.39 is 0 Å². The highest BCUT2D eigenvalue weighted by Gasteiger charge is 2.33. The van der Waals surface area contributed by atoms with Crippen molar-refractivity contribution in [3.63, 3.8) is 0 Å². The maximum atomic E-state index is 10.7. The Morgan fingerprint density at radius 2 is 1.83 bits per heavy atom. The van der Waals surface area contributed by atoms with Crippen molar-refractivity contribution in [2.24, 2.45) is 5.92 Å². The molecule has 0 saturated heterocycles. The Morgan fingerprint density at radius 1 is 1.06 bits per heavy atom. The van der Waals surface area contributed by atoms with Gasteiger partial charge >= 0.3 is 0 Å². The summed E-state index contributed by atoms with van der Waals surface area (Å²) in [6, 6.07) is 8.20. The van der Waals surface area contributed by atoms with Crippen LogP contribution in [0.25, 0.3) is 0 Å². The van der Waals surface area contributed by atoms with E-state index in [-0.39, 0.29) is 12.0 Å². The first-order valence-electron chi connectivity index (χ1n) is 7.26. The van der Waals surface area contributed by atoms with Crippen LogP contribution in [-0.4, -0.2) is 17.8 Å². The summed E-state index contributed by atoms with van der Waals surface area (Å²) in [5.74, 6) is 1.75. The second kappa shape index (κ2) is 5.31. The number of ether oxygens (including phenoxy) is 1. The lowest BCUT2D eigenvalue weighted by Crippen LogP contribution is -2.32. The zero-order chi connectivity index (χ0) is 12.4. The first kappa shape index (κ1) is 12.0. The van der Waals surface area contributed by atoms with E-state index in [9.17, 15) is 5.11 Å². The van der Waals surface area contributed by atoms with Crippen molar-refractivity contribution in [1.82, 2.24) is 0 Å². The molecule has 2 nitrogen and oxygen atoms in total. The molecule has 0 bridgehead atoms. The highest BCUT2D eigenvalue weighted by Crippen LogP contribution is 2.40. The van der Waals surface area contributed by atoms with Gasteiger partial charge in [-0.2, -0.15) is 0 Å². The molecule has 0 spiro atoms. The normalized spacial score (nSPS) is 26.2. The summed E-state index contributed by atoms with van der Waals surface area (Å²) < 4.78 is 5.68. The molecule has 0 amide bonds. The van der Waals surface area contributed by atoms with Gasteiger partial charge in [0.1, 0.15) is 5.75 Å². The smallest absolute Gasteiger partial charge is 0.122 e. The van der Waals surface area contributed by atoms with Crippen LogP contribution in [0.2, 0.25) is 0 Å². The van der Waals surface area contributed by atoms with Crippen molar-refractivity contribution in [3.8, 4) is 5.75 Å². The van der Waals surface area contributed by atoms with Gasteiger partial charge in [-0.25, -0.2) is 0 Å². The highest BCUT2D eigenvalue weighted by atomic mass is 16.5. The van der Waals surface area contributed by atoms with E-state index in [1.165, 1.54) is 37.7 Å². The zero-order valence-electron chi connectivity index (χ0n) is 10.8. The summed E-state index contributed by atoms with van der Waals surface area (Å²) in [6.45, 7) is 0.742. The van der Waals surface area contributed by atoms with Crippen LogP contribution >= 0.6 is 0 Å². The van der Waals surface area contributed by atoms with E-state index in [1.807, 2.05) is 18.2 Å². The zero-order valence-corrected chi connectivity index (χ0v) is 10.8. The minimum absolute atomic E-state index is 0.185. The van der Waals surface area contributed by atoms with Crippen molar-refractivity contribution in [2.75, 3.05) is 6.61 Å². The van der Waals surface area contributed by atoms with Gasteiger partial charge in [-0.05, 0) is 36.8 Å². The lowest BCUT2D eigenvalue weighted by molar-refractivity contribution is 0.0465. The monoisotopic (exact) mass is 246 g/mol. The molecule has 1 aliphatic carbocycles. The largest absolute Gasteiger partial charge is 0.493 e. The SMILES string of the molecule is OC(C1CCCCC1)C1CCOc2ccccc21. The molecule has 1 aromatic rings. The van der Waals surface area contributed by atoms with Gasteiger partial charge in [0.2, 0.25) is 0 Å². The fourth-order valence-corrected chi connectivity index (χ4v) is 3.53. The number of hydrogen-bond donors (Lipinski definition) is 1. The summed E-state index contributed by atoms with van der Waals surface area (Å²) in [5.41, 5.74) is 1.21. The third kappa shape index (κ3) is 2.26. The topological polar surface area (TPSA) is 29.5 Å². The first-order valence-corrected chi connectivity index (χ1v) is 7.26. The van der Waals surface area contributed by atoms with Crippen molar-refractivity contribution >= 4 is 0 Å². The van der Waals surface area contributed by atoms with Gasteiger partial charge in [0.05, 0.1) is 12.7 Å². The van der Waals surface area contributed by atoms with Crippen LogP contribution in [0.15, 0.2) is 24.3 Å². The molecular weight excluding hydrogens is 224 g/mol. The number of rotatable bonds is 2. The van der Waals surface area contributed by atoms with Crippen LogP contribution in [0.4, 0.5) is 0 Å². The lowest BCUT2D eigenvalue weighted by atomic mass is 9.76. The lowest BCUT2D eigenvalue weighted by Gasteiger charge is -2.35. The predicted molar refractivity (Wildman–Crippen MR) is 71.9 cm³/mol. The van der Waals surface area contributed by atoms with Crippen LogP contribution in [0.3, 0.4) is 0 Å². The summed E-state index contributed by atoms with van der Waals surface area (Å²) >= 11 is 0. The van der Waals surface area contributed by atoms with Crippen molar-refractivity contribution < 1.29 is 9.84 Å². The number of benzene rings is 1. The Bertz CT molecular complexity index is 396. The quantitative estimate of drug-likeness (QED) is 0.865. The molecule has 0 aromatic heterocycles. The number of aliphatic hydroxyl groups is 1. The molecule has 98 valence electrons. The van der Waals surface area contributed by atoms with Gasteiger partial charge in [-0.3, -0.25) is 0 Å². The van der Waals surface area contributed by atoms with E-state index in [0.29, 0.717) is 5.92 Å². The molecule has 1 fully saturated rings. The Balaban J connectivity index is 1.80. The molecule has 0 radical (unpaired) electrons. The minimum atomic E-state index is -0.185. The fourth-order valence-electron chi connectivity index (χ4n) is 3.53. The molecule has 2 unspecified atom stereocenters. The van der Waals surface area contributed by atoms with Crippen LogP contribution in [0.1, 0.15) is 50.0 Å². The highest BCUT2D eigenvalue weighted by molar-refractivity contribution is 5.38. The molecule has 1 heterocycles. The van der Waals surface area contributed by atoms with E-state index >= 15 is 0 Å². The van der Waals surface area contributed by atoms with Gasteiger partial charge < -0.3 is 9.84 Å². The molecule has 1 aliphatic heterocycles. The molecular formula is C16H22O2. The Morgan fingerprint density at radius 3 is 2.67 bits per heavy atom. The van der Waals surface area contributed by atoms with E-state index in [1.54, 1.807) is 0 Å². The van der Waals surface area contributed by atoms with E-state index in [4.69, 9.17) is 4.74 Å².